The summed E-state index contributed by atoms with van der Waals surface area (Å²) in [4.78, 5) is 6.66. The van der Waals surface area contributed by atoms with Gasteiger partial charge in [0.25, 0.3) is 0 Å². The average molecular weight is 338 g/mol. The van der Waals surface area contributed by atoms with Gasteiger partial charge in [-0.3, -0.25) is 9.88 Å². The quantitative estimate of drug-likeness (QED) is 0.845. The van der Waals surface area contributed by atoms with Gasteiger partial charge in [0, 0.05) is 43.0 Å². The van der Waals surface area contributed by atoms with Crippen LogP contribution in [0, 0.1) is 0 Å². The number of hydrogen-bond acceptors (Lipinski definition) is 7. The predicted molar refractivity (Wildman–Crippen MR) is 84.5 cm³/mol. The first-order chi connectivity index (χ1) is 10.5. The van der Waals surface area contributed by atoms with Crippen molar-refractivity contribution in [1.82, 2.24) is 19.5 Å². The molecule has 1 fully saturated rings. The first-order valence-electron chi connectivity index (χ1n) is 7.18. The molecule has 118 valence electrons. The van der Waals surface area contributed by atoms with Crippen LogP contribution in [0.4, 0.5) is 0 Å². The number of hydrogen-bond donors (Lipinski definition) is 0. The second-order valence-corrected chi connectivity index (χ2v) is 8.58. The molecule has 0 bridgehead atoms. The molecule has 0 aliphatic carbocycles. The fraction of sp³-hybridized carbons (Fsp3) is 0.500. The normalized spacial score (nSPS) is 20.1. The summed E-state index contributed by atoms with van der Waals surface area (Å²) in [7, 11) is -3.25. The zero-order valence-electron chi connectivity index (χ0n) is 12.3. The highest BCUT2D eigenvalue weighted by molar-refractivity contribution is 7.92. The van der Waals surface area contributed by atoms with Crippen molar-refractivity contribution in [2.75, 3.05) is 19.3 Å². The van der Waals surface area contributed by atoms with E-state index >= 15 is 0 Å². The Morgan fingerprint density at radius 3 is 3.00 bits per heavy atom. The Labute approximate surface area is 134 Å². The van der Waals surface area contributed by atoms with Crippen molar-refractivity contribution in [2.45, 2.75) is 29.5 Å². The van der Waals surface area contributed by atoms with E-state index in [-0.39, 0.29) is 5.92 Å². The van der Waals surface area contributed by atoms with Gasteiger partial charge in [0.05, 0.1) is 11.4 Å². The minimum absolute atomic E-state index is 0.126. The molecule has 0 spiro atoms. The SMILES string of the molecule is CS(=O)(=O)c1snnc1[C@@H]1CCCN(Cc2ccccn2)C1. The van der Waals surface area contributed by atoms with Crippen LogP contribution in [-0.2, 0) is 16.4 Å². The van der Waals surface area contributed by atoms with Gasteiger partial charge < -0.3 is 0 Å². The van der Waals surface area contributed by atoms with E-state index in [0.29, 0.717) is 9.90 Å². The molecule has 2 aromatic rings. The van der Waals surface area contributed by atoms with Gasteiger partial charge in [0.1, 0.15) is 0 Å². The molecule has 0 unspecified atom stereocenters. The molecule has 1 saturated heterocycles. The molecular weight excluding hydrogens is 320 g/mol. The molecule has 0 amide bonds. The monoisotopic (exact) mass is 338 g/mol. The maximum Gasteiger partial charge on any atom is 0.188 e. The van der Waals surface area contributed by atoms with Crippen LogP contribution in [0.2, 0.25) is 0 Å². The lowest BCUT2D eigenvalue weighted by Crippen LogP contribution is -2.34. The lowest BCUT2D eigenvalue weighted by atomic mass is 9.95. The fourth-order valence-electron chi connectivity index (χ4n) is 2.84. The van der Waals surface area contributed by atoms with Gasteiger partial charge in [0.15, 0.2) is 14.0 Å². The molecular formula is C14H18N4O2S2. The van der Waals surface area contributed by atoms with Crippen molar-refractivity contribution < 1.29 is 8.42 Å². The smallest absolute Gasteiger partial charge is 0.188 e. The van der Waals surface area contributed by atoms with Crippen molar-refractivity contribution in [3.05, 3.63) is 35.8 Å². The molecule has 0 saturated carbocycles. The van der Waals surface area contributed by atoms with Crippen LogP contribution in [-0.4, -0.2) is 47.2 Å². The van der Waals surface area contributed by atoms with Crippen molar-refractivity contribution in [2.24, 2.45) is 0 Å². The van der Waals surface area contributed by atoms with Crippen LogP contribution in [0.25, 0.3) is 0 Å². The Balaban J connectivity index is 1.75. The highest BCUT2D eigenvalue weighted by Crippen LogP contribution is 2.32. The summed E-state index contributed by atoms with van der Waals surface area (Å²) in [5.41, 5.74) is 1.67. The van der Waals surface area contributed by atoms with Gasteiger partial charge in [0.2, 0.25) is 0 Å². The Morgan fingerprint density at radius 2 is 2.27 bits per heavy atom. The molecule has 0 N–H and O–H groups in total. The molecule has 3 rings (SSSR count). The van der Waals surface area contributed by atoms with E-state index in [9.17, 15) is 8.42 Å². The van der Waals surface area contributed by atoms with Crippen molar-refractivity contribution in [3.63, 3.8) is 0 Å². The van der Waals surface area contributed by atoms with Gasteiger partial charge in [-0.1, -0.05) is 10.6 Å². The predicted octanol–water partition coefficient (Wildman–Crippen LogP) is 1.72. The standard InChI is InChI=1S/C14H18N4O2S2/c1-22(19,20)14-13(16-17-21-14)11-5-4-8-18(9-11)10-12-6-2-3-7-15-12/h2-3,6-7,11H,4-5,8-10H2,1H3/t11-/m1/s1. The van der Waals surface area contributed by atoms with E-state index in [2.05, 4.69) is 19.5 Å². The number of likely N-dealkylation sites (tertiary alicyclic amines) is 1. The van der Waals surface area contributed by atoms with E-state index in [1.807, 2.05) is 18.2 Å². The summed E-state index contributed by atoms with van der Waals surface area (Å²) in [6.07, 6.45) is 4.99. The topological polar surface area (TPSA) is 76.1 Å². The minimum atomic E-state index is -3.25. The molecule has 1 atom stereocenters. The third-order valence-corrected chi connectivity index (χ3v) is 6.37. The number of pyridine rings is 1. The van der Waals surface area contributed by atoms with Gasteiger partial charge >= 0.3 is 0 Å². The Kier molecular flexibility index (Phi) is 4.51. The molecule has 0 radical (unpaired) electrons. The zero-order chi connectivity index (χ0) is 15.6. The lowest BCUT2D eigenvalue weighted by molar-refractivity contribution is 0.195. The largest absolute Gasteiger partial charge is 0.297 e. The number of nitrogens with zero attached hydrogens (tertiary/aromatic N) is 4. The van der Waals surface area contributed by atoms with E-state index in [1.54, 1.807) is 6.20 Å². The first kappa shape index (κ1) is 15.5. The highest BCUT2D eigenvalue weighted by Gasteiger charge is 2.29. The van der Waals surface area contributed by atoms with Gasteiger partial charge in [-0.05, 0) is 31.5 Å². The average Bonchev–Trinajstić information content (AvgIpc) is 2.98. The molecule has 8 heteroatoms. The Bertz CT molecular complexity index is 730. The minimum Gasteiger partial charge on any atom is -0.297 e. The first-order valence-corrected chi connectivity index (χ1v) is 9.85. The van der Waals surface area contributed by atoms with Crippen LogP contribution in [0.1, 0.15) is 30.1 Å². The lowest BCUT2D eigenvalue weighted by Gasteiger charge is -2.31. The number of aromatic nitrogens is 3. The van der Waals surface area contributed by atoms with Gasteiger partial charge in [-0.2, -0.15) is 0 Å². The molecule has 0 aromatic carbocycles. The third kappa shape index (κ3) is 3.50. The number of piperidine rings is 1. The Morgan fingerprint density at radius 1 is 1.41 bits per heavy atom. The third-order valence-electron chi connectivity index (χ3n) is 3.82. The molecule has 2 aromatic heterocycles. The summed E-state index contributed by atoms with van der Waals surface area (Å²) in [6.45, 7) is 2.58. The van der Waals surface area contributed by atoms with E-state index < -0.39 is 9.84 Å². The maximum absolute atomic E-state index is 11.8. The molecule has 3 heterocycles. The second kappa shape index (κ2) is 6.39. The van der Waals surface area contributed by atoms with Crippen LogP contribution < -0.4 is 0 Å². The van der Waals surface area contributed by atoms with E-state index in [1.165, 1.54) is 6.26 Å². The van der Waals surface area contributed by atoms with E-state index in [0.717, 1.165) is 49.7 Å². The fourth-order valence-corrected chi connectivity index (χ4v) is 4.57. The summed E-state index contributed by atoms with van der Waals surface area (Å²) in [5.74, 6) is 0.126. The summed E-state index contributed by atoms with van der Waals surface area (Å²) < 4.78 is 27.8. The van der Waals surface area contributed by atoms with Crippen molar-refractivity contribution >= 4 is 21.4 Å². The molecule has 1 aliphatic heterocycles. The van der Waals surface area contributed by atoms with Crippen LogP contribution >= 0.6 is 11.5 Å². The van der Waals surface area contributed by atoms with Crippen molar-refractivity contribution in [3.8, 4) is 0 Å². The van der Waals surface area contributed by atoms with Crippen molar-refractivity contribution in [1.29, 1.82) is 0 Å². The summed E-state index contributed by atoms with van der Waals surface area (Å²) in [5, 5.41) is 4.09. The zero-order valence-corrected chi connectivity index (χ0v) is 14.0. The second-order valence-electron chi connectivity index (χ2n) is 5.61. The molecule has 6 nitrogen and oxygen atoms in total. The van der Waals surface area contributed by atoms with Crippen LogP contribution in [0.3, 0.4) is 0 Å². The number of rotatable bonds is 4. The summed E-state index contributed by atoms with van der Waals surface area (Å²) in [6, 6.07) is 5.90. The van der Waals surface area contributed by atoms with Gasteiger partial charge in [-0.25, -0.2) is 8.42 Å². The van der Waals surface area contributed by atoms with Crippen LogP contribution in [0.15, 0.2) is 28.6 Å². The Hall–Kier alpha value is -1.38. The van der Waals surface area contributed by atoms with Gasteiger partial charge in [-0.15, -0.1) is 5.10 Å². The van der Waals surface area contributed by atoms with Crippen LogP contribution in [0.5, 0.6) is 0 Å². The highest BCUT2D eigenvalue weighted by atomic mass is 32.2. The molecule has 1 aliphatic rings. The maximum atomic E-state index is 11.8. The number of sulfone groups is 1. The van der Waals surface area contributed by atoms with E-state index in [4.69, 9.17) is 0 Å². The summed E-state index contributed by atoms with van der Waals surface area (Å²) >= 11 is 0.975. The molecule has 22 heavy (non-hydrogen) atoms.